The van der Waals surface area contributed by atoms with Crippen LogP contribution < -0.4 is 29.6 Å². The Morgan fingerprint density at radius 3 is 2.33 bits per heavy atom. The van der Waals surface area contributed by atoms with Gasteiger partial charge in [0, 0.05) is 5.33 Å². The maximum atomic E-state index is 10.4. The molecule has 0 aliphatic heterocycles. The smallest absolute Gasteiger partial charge is 0.652 e. The average Bonchev–Trinajstić information content (AvgIpc) is 1.85. The van der Waals surface area contributed by atoms with E-state index in [1.165, 1.54) is 0 Å². The van der Waals surface area contributed by atoms with Crippen LogP contribution in [0.4, 0.5) is 0 Å². The monoisotopic (exact) mass is 267 g/mol. The number of amides is 1. The van der Waals surface area contributed by atoms with Gasteiger partial charge in [0.05, 0.1) is 11.7 Å². The third-order valence-corrected chi connectivity index (χ3v) is 1.93. The van der Waals surface area contributed by atoms with Crippen molar-refractivity contribution in [3.05, 3.63) is 5.32 Å². The summed E-state index contributed by atoms with van der Waals surface area (Å²) in [6.07, 6.45) is 0. The van der Waals surface area contributed by atoms with E-state index < -0.39 is 21.8 Å². The zero-order chi connectivity index (χ0) is 8.91. The molecule has 5 nitrogen and oxygen atoms in total. The molecule has 0 aromatic carbocycles. The van der Waals surface area contributed by atoms with Gasteiger partial charge in [0.15, 0.2) is 0 Å². The van der Waals surface area contributed by atoms with E-state index in [1.54, 1.807) is 0 Å². The Morgan fingerprint density at radius 1 is 1.50 bits per heavy atom. The predicted molar refractivity (Wildman–Crippen MR) is 43.4 cm³/mol. The van der Waals surface area contributed by atoms with Gasteiger partial charge >= 0.3 is 29.6 Å². The van der Waals surface area contributed by atoms with E-state index in [4.69, 9.17) is 4.55 Å². The summed E-state index contributed by atoms with van der Waals surface area (Å²) in [5.74, 6) is -0.945. The van der Waals surface area contributed by atoms with Gasteiger partial charge in [-0.3, -0.25) is 4.55 Å². The van der Waals surface area contributed by atoms with Crippen LogP contribution in [0.25, 0.3) is 5.32 Å². The Morgan fingerprint density at radius 2 is 2.00 bits per heavy atom. The van der Waals surface area contributed by atoms with Crippen LogP contribution in [0, 0.1) is 0 Å². The summed E-state index contributed by atoms with van der Waals surface area (Å²) >= 11 is 2.84. The molecular formula is C4H7BrNNaO4S. The summed E-state index contributed by atoms with van der Waals surface area (Å²) in [4.78, 5) is 10.4. The van der Waals surface area contributed by atoms with Crippen molar-refractivity contribution in [3.63, 3.8) is 0 Å². The molecule has 0 aliphatic carbocycles. The number of carbonyl (C=O) groups is 1. The first-order valence-corrected chi connectivity index (χ1v) is 5.40. The zero-order valence-corrected chi connectivity index (χ0v) is 10.9. The summed E-state index contributed by atoms with van der Waals surface area (Å²) in [5, 5.41) is 3.37. The standard InChI is InChI=1S/C4H8BrNO4S.Na/c5-3-4(7)6-1-2-11(8,9)10;/h1-3H2,(H2,6,7,8,9,10);/q;+1/p-1. The minimum Gasteiger partial charge on any atom is -0.652 e. The molecular weight excluding hydrogens is 261 g/mol. The molecule has 0 unspecified atom stereocenters. The quantitative estimate of drug-likeness (QED) is 0.338. The zero-order valence-electron chi connectivity index (χ0n) is 6.53. The maximum Gasteiger partial charge on any atom is 1.00 e. The van der Waals surface area contributed by atoms with Crippen LogP contribution in [0.3, 0.4) is 0 Å². The van der Waals surface area contributed by atoms with E-state index in [1.807, 2.05) is 0 Å². The molecule has 0 atom stereocenters. The van der Waals surface area contributed by atoms with Crippen molar-refractivity contribution >= 4 is 32.0 Å². The first kappa shape index (κ1) is 15.3. The van der Waals surface area contributed by atoms with Crippen LogP contribution in [0.2, 0.25) is 0 Å². The second kappa shape index (κ2) is 7.28. The molecule has 1 N–H and O–H groups in total. The third-order valence-electron chi connectivity index (χ3n) is 0.752. The number of halogens is 1. The molecule has 66 valence electrons. The molecule has 0 aromatic rings. The van der Waals surface area contributed by atoms with E-state index in [0.29, 0.717) is 0 Å². The topological polar surface area (TPSA) is 85.5 Å². The van der Waals surface area contributed by atoms with Gasteiger partial charge in [0.2, 0.25) is 0 Å². The van der Waals surface area contributed by atoms with Gasteiger partial charge in [-0.1, -0.05) is 15.9 Å². The SMILES string of the molecule is O=C(CBr)[N-]CCS(=O)(=O)O.[Na+]. The molecule has 0 fully saturated rings. The Balaban J connectivity index is 0. The van der Waals surface area contributed by atoms with Crippen LogP contribution in [-0.4, -0.2) is 36.5 Å². The van der Waals surface area contributed by atoms with Gasteiger partial charge in [-0.2, -0.15) is 8.42 Å². The molecule has 0 bridgehead atoms. The normalized spacial score (nSPS) is 10.2. The van der Waals surface area contributed by atoms with Crippen LogP contribution >= 0.6 is 15.9 Å². The molecule has 12 heavy (non-hydrogen) atoms. The number of hydrogen-bond donors (Lipinski definition) is 1. The Labute approximate surface area is 101 Å². The number of alkyl halides is 1. The van der Waals surface area contributed by atoms with E-state index in [-0.39, 0.29) is 41.4 Å². The molecule has 0 heterocycles. The van der Waals surface area contributed by atoms with Crippen LogP contribution in [0.1, 0.15) is 0 Å². The number of hydrogen-bond acceptors (Lipinski definition) is 3. The minimum absolute atomic E-state index is 0. The number of nitrogens with zero attached hydrogens (tertiary/aromatic N) is 1. The van der Waals surface area contributed by atoms with Gasteiger partial charge in [0.25, 0.3) is 10.1 Å². The fourth-order valence-electron chi connectivity index (χ4n) is 0.328. The Hall–Kier alpha value is 0.860. The molecule has 0 spiro atoms. The van der Waals surface area contributed by atoms with Gasteiger partial charge in [0.1, 0.15) is 0 Å². The predicted octanol–water partition coefficient (Wildman–Crippen LogP) is -2.83. The maximum absolute atomic E-state index is 10.4. The van der Waals surface area contributed by atoms with E-state index in [0.717, 1.165) is 0 Å². The summed E-state index contributed by atoms with van der Waals surface area (Å²) in [5.41, 5.74) is 0. The molecule has 0 aromatic heterocycles. The molecule has 0 radical (unpaired) electrons. The van der Waals surface area contributed by atoms with Crippen molar-refractivity contribution in [2.24, 2.45) is 0 Å². The molecule has 1 amide bonds. The Kier molecular flexibility index (Phi) is 9.31. The fraction of sp³-hybridized carbons (Fsp3) is 0.750. The number of rotatable bonds is 4. The fourth-order valence-corrected chi connectivity index (χ4v) is 0.827. The molecule has 0 rings (SSSR count). The number of carbonyl (C=O) groups excluding carboxylic acids is 1. The van der Waals surface area contributed by atoms with Gasteiger partial charge in [-0.05, 0) is 0 Å². The van der Waals surface area contributed by atoms with E-state index >= 15 is 0 Å². The second-order valence-corrected chi connectivity index (χ2v) is 3.83. The second-order valence-electron chi connectivity index (χ2n) is 1.70. The van der Waals surface area contributed by atoms with Crippen molar-refractivity contribution in [1.82, 2.24) is 0 Å². The van der Waals surface area contributed by atoms with Gasteiger partial charge < -0.3 is 10.1 Å². The van der Waals surface area contributed by atoms with Crippen LogP contribution in [0.15, 0.2) is 0 Å². The van der Waals surface area contributed by atoms with Gasteiger partial charge in [-0.15, -0.1) is 6.54 Å². The van der Waals surface area contributed by atoms with E-state index in [9.17, 15) is 13.2 Å². The minimum atomic E-state index is -3.99. The average molecular weight is 268 g/mol. The van der Waals surface area contributed by atoms with E-state index in [2.05, 4.69) is 21.2 Å². The summed E-state index contributed by atoms with van der Waals surface area (Å²) in [6, 6.07) is 0. The summed E-state index contributed by atoms with van der Waals surface area (Å²) in [7, 11) is -3.99. The first-order valence-electron chi connectivity index (χ1n) is 2.67. The largest absolute Gasteiger partial charge is 1.00 e. The molecule has 0 saturated carbocycles. The summed E-state index contributed by atoms with van der Waals surface area (Å²) in [6.45, 7) is -0.191. The first-order chi connectivity index (χ1) is 4.95. The van der Waals surface area contributed by atoms with Crippen molar-refractivity contribution in [1.29, 1.82) is 0 Å². The molecule has 0 aliphatic rings. The summed E-state index contributed by atoms with van der Waals surface area (Å²) < 4.78 is 28.3. The van der Waals surface area contributed by atoms with Crippen molar-refractivity contribution < 1.29 is 47.3 Å². The van der Waals surface area contributed by atoms with Crippen molar-refractivity contribution in [2.75, 3.05) is 17.6 Å². The van der Waals surface area contributed by atoms with Crippen LogP contribution in [0.5, 0.6) is 0 Å². The molecule has 8 heteroatoms. The molecule has 0 saturated heterocycles. The van der Waals surface area contributed by atoms with Gasteiger partial charge in [-0.25, -0.2) is 0 Å². The van der Waals surface area contributed by atoms with Crippen molar-refractivity contribution in [2.45, 2.75) is 0 Å². The van der Waals surface area contributed by atoms with Crippen molar-refractivity contribution in [3.8, 4) is 0 Å². The third kappa shape index (κ3) is 10.9. The Bertz CT molecular complexity index is 229. The van der Waals surface area contributed by atoms with Crippen LogP contribution in [-0.2, 0) is 14.9 Å².